The second-order valence-electron chi connectivity index (χ2n) is 22.1. The fraction of sp³-hybridized carbons (Fsp3) is 0.113. The molecule has 0 radical (unpaired) electrons. The van der Waals surface area contributed by atoms with Gasteiger partial charge in [0.1, 0.15) is 5.01 Å². The summed E-state index contributed by atoms with van der Waals surface area (Å²) in [6, 6.07) is 60.7. The lowest BCUT2D eigenvalue weighted by Gasteiger charge is -2.06. The number of rotatable bonds is 22. The number of aromatic nitrogens is 2. The van der Waals surface area contributed by atoms with E-state index in [1.54, 1.807) is 60.8 Å². The summed E-state index contributed by atoms with van der Waals surface area (Å²) in [6.07, 6.45) is 6.13. The van der Waals surface area contributed by atoms with E-state index in [4.69, 9.17) is 27.0 Å². The van der Waals surface area contributed by atoms with Gasteiger partial charge in [0.05, 0.1) is 34.4 Å². The van der Waals surface area contributed by atoms with Crippen molar-refractivity contribution in [3.05, 3.63) is 346 Å². The van der Waals surface area contributed by atoms with Crippen molar-refractivity contribution < 1.29 is 73.5 Å². The summed E-state index contributed by atoms with van der Waals surface area (Å²) in [5.41, 5.74) is 8.30. The van der Waals surface area contributed by atoms with Gasteiger partial charge in [0.15, 0.2) is 34.6 Å². The van der Waals surface area contributed by atoms with Gasteiger partial charge in [-0.1, -0.05) is 194 Å². The standard InChI is InChI=1S/C18H13NO3S.C17H13NO3.C17H16O3.C15H13NO3.C13H10O3S/c20-16(14-8-4-5-9-15(14)18(21)22)10-13-11-19-17(23-13)12-6-2-1-3-7-12;1-11-3-5-12(6-4-11)9-16(19)15-10-13(18-2)7-8-14(15)17(20)21;1-2-12-6-5-7-13(10-12)11-16(18)14-8-3-4-9-15(14)17(19)20;1-10-2-4-11(5-3-10)8-14(17)12-6-7-16-9-13(12)15(18)19;14-12(8-9-4-3-7-17-9)10-5-1-2-6-11(10)13(15)16/h1-9,11H,10H2,(H,21,22);3-8,10H,9H2,1H3,(H,20,21);3-10H,2,11H2,1H3,(H,19,20);2-7,9H,8H2,1H3,(H,18,19);1-7H,8H2,(H,15,16). The number of thiophene rings is 1. The zero-order valence-corrected chi connectivity index (χ0v) is 55.9. The Bertz CT molecular complexity index is 4810. The van der Waals surface area contributed by atoms with Gasteiger partial charge in [-0.05, 0) is 84.3 Å². The number of aryl methyl sites for hydroxylation is 3. The van der Waals surface area contributed by atoms with E-state index in [2.05, 4.69) is 21.7 Å². The molecule has 0 aliphatic heterocycles. The van der Waals surface area contributed by atoms with E-state index in [9.17, 15) is 53.1 Å². The highest BCUT2D eigenvalue weighted by Crippen LogP contribution is 2.27. The molecule has 3 heterocycles. The number of thiazole rings is 1. The molecule has 18 nitrogen and oxygen atoms in total. The first-order chi connectivity index (χ1) is 48.0. The van der Waals surface area contributed by atoms with Crippen LogP contribution in [0.4, 0.5) is 5.69 Å². The number of nitrogens with zero attached hydrogens (tertiary/aromatic N) is 3. The average Bonchev–Trinajstić information content (AvgIpc) is 1.49. The molecule has 0 saturated carbocycles. The van der Waals surface area contributed by atoms with E-state index in [0.717, 1.165) is 54.6 Å². The van der Waals surface area contributed by atoms with Crippen molar-refractivity contribution in [3.63, 3.8) is 0 Å². The van der Waals surface area contributed by atoms with Crippen molar-refractivity contribution in [1.29, 1.82) is 0 Å². The van der Waals surface area contributed by atoms with Crippen LogP contribution >= 0.6 is 22.7 Å². The Labute approximate surface area is 583 Å². The lowest BCUT2D eigenvalue weighted by Crippen LogP contribution is -2.11. The van der Waals surface area contributed by atoms with Crippen molar-refractivity contribution in [2.45, 2.75) is 59.3 Å². The monoisotopic (exact) mass is 1370 g/mol. The zero-order chi connectivity index (χ0) is 72.3. The van der Waals surface area contributed by atoms with Crippen LogP contribution in [0.1, 0.15) is 154 Å². The highest BCUT2D eigenvalue weighted by Gasteiger charge is 2.22. The summed E-state index contributed by atoms with van der Waals surface area (Å²) in [6.45, 7) is 12.9. The zero-order valence-electron chi connectivity index (χ0n) is 54.2. The van der Waals surface area contributed by atoms with Crippen LogP contribution in [0.25, 0.3) is 15.4 Å². The number of benzene rings is 8. The molecule has 0 spiro atoms. The molecular formula is C80H65N3O15S2. The summed E-state index contributed by atoms with van der Waals surface area (Å²) < 4.78 is 0. The Morgan fingerprint density at radius 1 is 0.380 bits per heavy atom. The van der Waals surface area contributed by atoms with Crippen LogP contribution in [0.15, 0.2) is 236 Å². The van der Waals surface area contributed by atoms with E-state index in [1.807, 2.05) is 134 Å². The molecule has 502 valence electrons. The summed E-state index contributed by atoms with van der Waals surface area (Å²) in [5.74, 6) is -6.61. The molecule has 0 aliphatic carbocycles. The topological polar surface area (TPSA) is 302 Å². The fourth-order valence-corrected chi connectivity index (χ4v) is 11.4. The van der Waals surface area contributed by atoms with Crippen molar-refractivity contribution in [3.8, 4) is 10.6 Å². The number of aromatic carboxylic acids is 5. The Hall–Kier alpha value is -12.6. The lowest BCUT2D eigenvalue weighted by atomic mass is 9.97. The van der Waals surface area contributed by atoms with Crippen LogP contribution in [0, 0.1) is 20.4 Å². The number of carbonyl (C=O) groups is 10. The molecule has 0 unspecified atom stereocenters. The molecule has 0 aliphatic rings. The number of carboxylic acid groups (broad SMARTS) is 5. The Morgan fingerprint density at radius 2 is 0.800 bits per heavy atom. The first-order valence-corrected chi connectivity index (χ1v) is 32.5. The van der Waals surface area contributed by atoms with E-state index in [1.165, 1.54) is 83.1 Å². The summed E-state index contributed by atoms with van der Waals surface area (Å²) in [4.78, 5) is 130. The van der Waals surface area contributed by atoms with Crippen molar-refractivity contribution in [1.82, 2.24) is 9.97 Å². The molecule has 0 saturated heterocycles. The van der Waals surface area contributed by atoms with Crippen LogP contribution in [0.5, 0.6) is 0 Å². The van der Waals surface area contributed by atoms with E-state index < -0.39 is 29.8 Å². The number of carbonyl (C=O) groups excluding carboxylic acids is 5. The molecule has 0 amide bonds. The van der Waals surface area contributed by atoms with Crippen molar-refractivity contribution in [2.75, 3.05) is 0 Å². The summed E-state index contributed by atoms with van der Waals surface area (Å²) >= 11 is 2.94. The number of ketones is 5. The van der Waals surface area contributed by atoms with Gasteiger partial charge in [-0.15, -0.1) is 22.7 Å². The van der Waals surface area contributed by atoms with Crippen LogP contribution < -0.4 is 0 Å². The maximum atomic E-state index is 12.4. The SMILES string of the molecule is CCc1cccc(CC(=O)c2ccccc2C(=O)O)c1.Cc1ccc(CC(=O)c2ccncc2C(=O)O)cc1.O=C(O)c1ccccc1C(=O)Cc1cccs1.O=C(O)c1ccccc1C(=O)Cc1cnc(-c2ccccc2)s1.[C-]#[N+]c1ccc(C(=O)O)c(C(=O)Cc2ccc(C)cc2)c1. The molecule has 0 fully saturated rings. The van der Waals surface area contributed by atoms with Gasteiger partial charge in [0, 0.05) is 93.8 Å². The highest BCUT2D eigenvalue weighted by atomic mass is 32.1. The smallest absolute Gasteiger partial charge is 0.338 e. The molecule has 20 heteroatoms. The van der Waals surface area contributed by atoms with Crippen LogP contribution in [-0.2, 0) is 38.5 Å². The van der Waals surface area contributed by atoms with Crippen molar-refractivity contribution >= 4 is 87.1 Å². The third-order valence-corrected chi connectivity index (χ3v) is 16.9. The third kappa shape index (κ3) is 22.0. The van der Waals surface area contributed by atoms with Gasteiger partial charge in [0.2, 0.25) is 0 Å². The first kappa shape index (κ1) is 74.8. The largest absolute Gasteiger partial charge is 0.478 e. The van der Waals surface area contributed by atoms with E-state index in [0.29, 0.717) is 0 Å². The predicted octanol–water partition coefficient (Wildman–Crippen LogP) is 16.4. The van der Waals surface area contributed by atoms with Crippen LogP contribution in [0.3, 0.4) is 0 Å². The molecular weight excluding hydrogens is 1310 g/mol. The summed E-state index contributed by atoms with van der Waals surface area (Å²) in [5, 5.41) is 48.2. The number of hydrogen-bond donors (Lipinski definition) is 5. The predicted molar refractivity (Wildman–Crippen MR) is 381 cm³/mol. The minimum Gasteiger partial charge on any atom is -0.478 e. The second kappa shape index (κ2) is 37.1. The Morgan fingerprint density at radius 3 is 1.26 bits per heavy atom. The maximum Gasteiger partial charge on any atom is 0.338 e. The van der Waals surface area contributed by atoms with E-state index in [-0.39, 0.29) is 122 Å². The third-order valence-electron chi connectivity index (χ3n) is 14.9. The molecule has 11 aromatic rings. The number of carboxylic acids is 5. The average molecular weight is 1370 g/mol. The lowest BCUT2D eigenvalue weighted by molar-refractivity contribution is 0.0682. The highest BCUT2D eigenvalue weighted by molar-refractivity contribution is 7.15. The molecule has 0 bridgehead atoms. The van der Waals surface area contributed by atoms with Crippen molar-refractivity contribution in [2.24, 2.45) is 0 Å². The van der Waals surface area contributed by atoms with Crippen LogP contribution in [0.2, 0.25) is 0 Å². The number of hydrogen-bond acceptors (Lipinski definition) is 14. The molecule has 0 atom stereocenters. The van der Waals surface area contributed by atoms with Gasteiger partial charge >= 0.3 is 29.8 Å². The molecule has 8 aromatic carbocycles. The van der Waals surface area contributed by atoms with E-state index >= 15 is 0 Å². The number of pyridine rings is 1. The normalized spacial score (nSPS) is 10.2. The van der Waals surface area contributed by atoms with Gasteiger partial charge in [0.25, 0.3) is 0 Å². The minimum atomic E-state index is -1.17. The minimum absolute atomic E-state index is 0.0327. The maximum absolute atomic E-state index is 12.4. The van der Waals surface area contributed by atoms with Gasteiger partial charge in [-0.2, -0.15) is 0 Å². The molecule has 5 N–H and O–H groups in total. The Kier molecular flexibility index (Phi) is 27.7. The van der Waals surface area contributed by atoms with Gasteiger partial charge in [-0.25, -0.2) is 33.8 Å². The number of Topliss-reactive ketones (excluding diaryl/α,β-unsaturated/α-hetero) is 5. The fourth-order valence-electron chi connectivity index (χ4n) is 9.80. The second-order valence-corrected chi connectivity index (χ2v) is 24.3. The molecule has 11 rings (SSSR count). The molecule has 3 aromatic heterocycles. The first-order valence-electron chi connectivity index (χ1n) is 30.8. The van der Waals surface area contributed by atoms with Crippen LogP contribution in [-0.4, -0.2) is 94.3 Å². The van der Waals surface area contributed by atoms with Gasteiger partial charge < -0.3 is 25.5 Å². The van der Waals surface area contributed by atoms with Gasteiger partial charge in [-0.3, -0.25) is 29.0 Å². The molecule has 100 heavy (non-hydrogen) atoms. The quantitative estimate of drug-likeness (QED) is 0.0311. The summed E-state index contributed by atoms with van der Waals surface area (Å²) in [7, 11) is 0. The Balaban J connectivity index is 0.000000176.